The molecule has 80 valence electrons. The first-order chi connectivity index (χ1) is 7.18. The molecule has 1 aliphatic rings. The lowest BCUT2D eigenvalue weighted by atomic mass is 9.91. The van der Waals surface area contributed by atoms with Crippen LogP contribution >= 0.6 is 0 Å². The van der Waals surface area contributed by atoms with Gasteiger partial charge in [-0.1, -0.05) is 0 Å². The number of nitrogens with zero attached hydrogens (tertiary/aromatic N) is 2. The molecule has 0 aromatic carbocycles. The molecule has 0 amide bonds. The number of amidine groups is 1. The van der Waals surface area contributed by atoms with Gasteiger partial charge in [-0.25, -0.2) is 0 Å². The number of nitrogens with two attached hydrogens (primary N) is 1. The van der Waals surface area contributed by atoms with Gasteiger partial charge in [0.1, 0.15) is 11.5 Å². The highest BCUT2D eigenvalue weighted by molar-refractivity contribution is 5.93. The van der Waals surface area contributed by atoms with Gasteiger partial charge in [0, 0.05) is 13.1 Å². The molecule has 4 nitrogen and oxygen atoms in total. The Kier molecular flexibility index (Phi) is 2.58. The fourth-order valence-corrected chi connectivity index (χ4v) is 1.74. The van der Waals surface area contributed by atoms with E-state index in [-0.39, 0.29) is 5.84 Å². The lowest BCUT2D eigenvalue weighted by Crippen LogP contribution is -2.37. The minimum Gasteiger partial charge on any atom is -0.382 e. The highest BCUT2D eigenvalue weighted by atomic mass is 15.1. The molecular weight excluding hydrogens is 188 g/mol. The molecule has 1 aliphatic carbocycles. The lowest BCUT2D eigenvalue weighted by molar-refractivity contribution is 0.401. The first-order valence-corrected chi connectivity index (χ1v) is 5.22. The lowest BCUT2D eigenvalue weighted by Gasteiger charge is -2.36. The topological polar surface area (TPSA) is 66.0 Å². The summed E-state index contributed by atoms with van der Waals surface area (Å²) in [5.41, 5.74) is 6.99. The zero-order valence-corrected chi connectivity index (χ0v) is 8.90. The molecule has 1 heterocycles. The van der Waals surface area contributed by atoms with Crippen molar-refractivity contribution in [2.45, 2.75) is 25.3 Å². The van der Waals surface area contributed by atoms with Crippen molar-refractivity contribution in [3.63, 3.8) is 0 Å². The van der Waals surface area contributed by atoms with E-state index in [1.165, 1.54) is 19.3 Å². The molecule has 1 aromatic heterocycles. The quantitative estimate of drug-likeness (QED) is 0.577. The molecule has 15 heavy (non-hydrogen) atoms. The van der Waals surface area contributed by atoms with E-state index in [1.807, 2.05) is 6.07 Å². The summed E-state index contributed by atoms with van der Waals surface area (Å²) >= 11 is 0. The molecule has 3 N–H and O–H groups in total. The Bertz CT molecular complexity index is 353. The van der Waals surface area contributed by atoms with Crippen molar-refractivity contribution in [3.8, 4) is 0 Å². The van der Waals surface area contributed by atoms with E-state index in [9.17, 15) is 0 Å². The number of nitrogen functional groups attached to an aromatic ring is 1. The SMILES string of the molecule is CN(c1ccc(C(=N)N)nc1)C1CCC1. The van der Waals surface area contributed by atoms with Gasteiger partial charge in [-0.3, -0.25) is 10.4 Å². The van der Waals surface area contributed by atoms with Crippen LogP contribution in [0.3, 0.4) is 0 Å². The highest BCUT2D eigenvalue weighted by Gasteiger charge is 2.22. The standard InChI is InChI=1S/C11H16N4/c1-15(8-3-2-4-8)9-5-6-10(11(12)13)14-7-9/h5-8H,2-4H2,1H3,(H3,12,13). The Morgan fingerprint density at radius 3 is 2.67 bits per heavy atom. The summed E-state index contributed by atoms with van der Waals surface area (Å²) in [5.74, 6) is 0.0212. The molecule has 4 heteroatoms. The van der Waals surface area contributed by atoms with Crippen molar-refractivity contribution >= 4 is 11.5 Å². The Morgan fingerprint density at radius 2 is 2.27 bits per heavy atom. The third-order valence-electron chi connectivity index (χ3n) is 3.05. The van der Waals surface area contributed by atoms with Gasteiger partial charge in [-0.2, -0.15) is 0 Å². The number of pyridine rings is 1. The fraction of sp³-hybridized carbons (Fsp3) is 0.455. The number of anilines is 1. The monoisotopic (exact) mass is 204 g/mol. The second-order valence-corrected chi connectivity index (χ2v) is 4.01. The first-order valence-electron chi connectivity index (χ1n) is 5.22. The zero-order valence-electron chi connectivity index (χ0n) is 8.90. The predicted molar refractivity (Wildman–Crippen MR) is 61.3 cm³/mol. The van der Waals surface area contributed by atoms with Crippen molar-refractivity contribution < 1.29 is 0 Å². The van der Waals surface area contributed by atoms with Crippen LogP contribution in [0.4, 0.5) is 5.69 Å². The molecule has 0 bridgehead atoms. The van der Waals surface area contributed by atoms with Gasteiger partial charge in [0.2, 0.25) is 0 Å². The van der Waals surface area contributed by atoms with Crippen LogP contribution in [0.25, 0.3) is 0 Å². The second kappa shape index (κ2) is 3.88. The molecular formula is C11H16N4. The normalized spacial score (nSPS) is 15.8. The third-order valence-corrected chi connectivity index (χ3v) is 3.05. The summed E-state index contributed by atoms with van der Waals surface area (Å²) in [4.78, 5) is 6.40. The molecule has 0 aliphatic heterocycles. The van der Waals surface area contributed by atoms with Gasteiger partial charge in [0.25, 0.3) is 0 Å². The number of rotatable bonds is 3. The zero-order chi connectivity index (χ0) is 10.8. The van der Waals surface area contributed by atoms with E-state index >= 15 is 0 Å². The predicted octanol–water partition coefficient (Wildman–Crippen LogP) is 1.35. The van der Waals surface area contributed by atoms with Crippen LogP contribution in [-0.4, -0.2) is 23.9 Å². The number of aromatic nitrogens is 1. The number of hydrogen-bond donors (Lipinski definition) is 2. The fourth-order valence-electron chi connectivity index (χ4n) is 1.74. The molecule has 0 unspecified atom stereocenters. The molecule has 1 fully saturated rings. The number of nitrogens with one attached hydrogen (secondary N) is 1. The molecule has 0 saturated heterocycles. The summed E-state index contributed by atoms with van der Waals surface area (Å²) < 4.78 is 0. The van der Waals surface area contributed by atoms with E-state index in [2.05, 4.69) is 16.9 Å². The average Bonchev–Trinajstić information content (AvgIpc) is 2.15. The van der Waals surface area contributed by atoms with E-state index in [0.717, 1.165) is 5.69 Å². The van der Waals surface area contributed by atoms with Crippen molar-refractivity contribution in [2.75, 3.05) is 11.9 Å². The summed E-state index contributed by atoms with van der Waals surface area (Å²) in [6.45, 7) is 0. The van der Waals surface area contributed by atoms with Gasteiger partial charge in [0.15, 0.2) is 0 Å². The molecule has 0 atom stereocenters. The molecule has 0 spiro atoms. The molecule has 0 radical (unpaired) electrons. The van der Waals surface area contributed by atoms with Gasteiger partial charge in [0.05, 0.1) is 11.9 Å². The maximum Gasteiger partial charge on any atom is 0.141 e. The van der Waals surface area contributed by atoms with Crippen molar-refractivity contribution in [2.24, 2.45) is 5.73 Å². The summed E-state index contributed by atoms with van der Waals surface area (Å²) in [6.07, 6.45) is 5.65. The first kappa shape index (κ1) is 9.96. The van der Waals surface area contributed by atoms with Gasteiger partial charge >= 0.3 is 0 Å². The van der Waals surface area contributed by atoms with Crippen LogP contribution < -0.4 is 10.6 Å². The molecule has 2 rings (SSSR count). The van der Waals surface area contributed by atoms with Gasteiger partial charge in [-0.05, 0) is 31.4 Å². The highest BCUT2D eigenvalue weighted by Crippen LogP contribution is 2.27. The van der Waals surface area contributed by atoms with Crippen LogP contribution in [0.15, 0.2) is 18.3 Å². The summed E-state index contributed by atoms with van der Waals surface area (Å²) in [5, 5.41) is 7.25. The smallest absolute Gasteiger partial charge is 0.141 e. The largest absolute Gasteiger partial charge is 0.382 e. The van der Waals surface area contributed by atoms with Crippen LogP contribution in [0.2, 0.25) is 0 Å². The number of hydrogen-bond acceptors (Lipinski definition) is 3. The maximum absolute atomic E-state index is 7.25. The van der Waals surface area contributed by atoms with E-state index in [0.29, 0.717) is 11.7 Å². The van der Waals surface area contributed by atoms with E-state index in [1.54, 1.807) is 12.3 Å². The van der Waals surface area contributed by atoms with Gasteiger partial charge in [-0.15, -0.1) is 0 Å². The minimum absolute atomic E-state index is 0.0212. The summed E-state index contributed by atoms with van der Waals surface area (Å²) in [7, 11) is 2.09. The maximum atomic E-state index is 7.25. The Balaban J connectivity index is 2.11. The van der Waals surface area contributed by atoms with Crippen LogP contribution in [0.5, 0.6) is 0 Å². The van der Waals surface area contributed by atoms with Crippen LogP contribution in [0.1, 0.15) is 25.0 Å². The Morgan fingerprint density at radius 1 is 1.53 bits per heavy atom. The van der Waals surface area contributed by atoms with Crippen molar-refractivity contribution in [3.05, 3.63) is 24.0 Å². The second-order valence-electron chi connectivity index (χ2n) is 4.01. The van der Waals surface area contributed by atoms with E-state index in [4.69, 9.17) is 11.1 Å². The van der Waals surface area contributed by atoms with Crippen molar-refractivity contribution in [1.82, 2.24) is 4.98 Å². The van der Waals surface area contributed by atoms with E-state index < -0.39 is 0 Å². The van der Waals surface area contributed by atoms with Crippen molar-refractivity contribution in [1.29, 1.82) is 5.41 Å². The van der Waals surface area contributed by atoms with Crippen LogP contribution in [0, 0.1) is 5.41 Å². The Hall–Kier alpha value is -1.58. The van der Waals surface area contributed by atoms with Gasteiger partial charge < -0.3 is 10.6 Å². The average molecular weight is 204 g/mol. The Labute approximate surface area is 89.6 Å². The summed E-state index contributed by atoms with van der Waals surface area (Å²) in [6, 6.07) is 4.43. The third kappa shape index (κ3) is 1.93. The molecule has 1 saturated carbocycles. The molecule has 1 aromatic rings. The minimum atomic E-state index is 0.0212. The van der Waals surface area contributed by atoms with Crippen LogP contribution in [-0.2, 0) is 0 Å².